The van der Waals surface area contributed by atoms with E-state index in [0.717, 1.165) is 15.6 Å². The van der Waals surface area contributed by atoms with Crippen LogP contribution in [0.15, 0.2) is 95.0 Å². The summed E-state index contributed by atoms with van der Waals surface area (Å²) in [5, 5.41) is 11.0. The Morgan fingerprint density at radius 2 is 1.55 bits per heavy atom. The van der Waals surface area contributed by atoms with E-state index in [0.29, 0.717) is 5.56 Å². The van der Waals surface area contributed by atoms with E-state index >= 15 is 0 Å². The fourth-order valence-electron chi connectivity index (χ4n) is 3.60. The van der Waals surface area contributed by atoms with Gasteiger partial charge in [-0.15, -0.1) is 0 Å². The van der Waals surface area contributed by atoms with Gasteiger partial charge in [-0.25, -0.2) is 0 Å². The molecule has 29 heavy (non-hydrogen) atoms. The number of likely N-dealkylation sites (tertiary alicyclic amines) is 1. The number of hydrogen-bond acceptors (Lipinski definition) is 3. The molecule has 0 aliphatic carbocycles. The molecule has 1 aliphatic rings. The molecular weight excluding hydrogens is 430 g/mol. The number of carbonyl (C=O) groups is 2. The zero-order valence-corrected chi connectivity index (χ0v) is 17.0. The van der Waals surface area contributed by atoms with E-state index in [-0.39, 0.29) is 17.9 Å². The van der Waals surface area contributed by atoms with Crippen molar-refractivity contribution >= 4 is 33.4 Å². The first-order valence-electron chi connectivity index (χ1n) is 9.19. The van der Waals surface area contributed by atoms with Crippen molar-refractivity contribution in [3.05, 3.63) is 112 Å². The normalized spacial score (nSPS) is 18.2. The molecule has 4 rings (SSSR count). The van der Waals surface area contributed by atoms with Crippen LogP contribution in [0.25, 0.3) is 5.76 Å². The Labute approximate surface area is 177 Å². The van der Waals surface area contributed by atoms with Gasteiger partial charge in [0.25, 0.3) is 11.7 Å². The van der Waals surface area contributed by atoms with Crippen molar-refractivity contribution in [2.75, 3.05) is 0 Å². The van der Waals surface area contributed by atoms with Gasteiger partial charge in [0.2, 0.25) is 0 Å². The van der Waals surface area contributed by atoms with E-state index in [1.54, 1.807) is 24.3 Å². The third-order valence-corrected chi connectivity index (χ3v) is 5.44. The number of Topliss-reactive ketones (excluding diaryl/α,β-unsaturated/α-hetero) is 1. The number of aliphatic hydroxyl groups excluding tert-OH is 1. The molecule has 3 aromatic carbocycles. The van der Waals surface area contributed by atoms with Crippen molar-refractivity contribution in [1.29, 1.82) is 0 Å². The summed E-state index contributed by atoms with van der Waals surface area (Å²) in [7, 11) is 0. The highest BCUT2D eigenvalue weighted by Crippen LogP contribution is 2.40. The van der Waals surface area contributed by atoms with Gasteiger partial charge >= 0.3 is 0 Å². The average molecular weight is 448 g/mol. The molecule has 5 heteroatoms. The van der Waals surface area contributed by atoms with Crippen LogP contribution in [0.2, 0.25) is 0 Å². The molecule has 0 saturated carbocycles. The third-order valence-electron chi connectivity index (χ3n) is 4.95. The average Bonchev–Trinajstić information content (AvgIpc) is 2.99. The lowest BCUT2D eigenvalue weighted by atomic mass is 9.95. The first-order valence-corrected chi connectivity index (χ1v) is 9.99. The number of ketones is 1. The van der Waals surface area contributed by atoms with Crippen LogP contribution in [0.1, 0.15) is 22.7 Å². The Morgan fingerprint density at radius 3 is 2.21 bits per heavy atom. The van der Waals surface area contributed by atoms with Crippen LogP contribution in [0.4, 0.5) is 0 Å². The minimum atomic E-state index is -0.674. The second-order valence-electron chi connectivity index (χ2n) is 6.83. The van der Waals surface area contributed by atoms with Gasteiger partial charge in [-0.3, -0.25) is 9.59 Å². The summed E-state index contributed by atoms with van der Waals surface area (Å²) in [5.41, 5.74) is 2.28. The number of nitrogens with zero attached hydrogens (tertiary/aromatic N) is 1. The smallest absolute Gasteiger partial charge is 0.295 e. The third kappa shape index (κ3) is 3.74. The highest BCUT2D eigenvalue weighted by Gasteiger charge is 2.46. The number of rotatable bonds is 4. The summed E-state index contributed by atoms with van der Waals surface area (Å²) >= 11 is 3.46. The largest absolute Gasteiger partial charge is 0.507 e. The monoisotopic (exact) mass is 447 g/mol. The van der Waals surface area contributed by atoms with E-state index in [2.05, 4.69) is 15.9 Å². The Bertz CT molecular complexity index is 1090. The maximum absolute atomic E-state index is 13.0. The Kier molecular flexibility index (Phi) is 5.32. The fraction of sp³-hybridized carbons (Fsp3) is 0.0833. The molecule has 3 aromatic rings. The minimum Gasteiger partial charge on any atom is -0.507 e. The second-order valence-corrected chi connectivity index (χ2v) is 7.75. The predicted octanol–water partition coefficient (Wildman–Crippen LogP) is 5.07. The fourth-order valence-corrected chi connectivity index (χ4v) is 4.01. The predicted molar refractivity (Wildman–Crippen MR) is 115 cm³/mol. The molecule has 0 aromatic heterocycles. The molecule has 144 valence electrons. The standard InChI is InChI=1S/C24H18BrNO3/c25-19-13-7-12-18(14-19)21-20(22(27)17-10-5-2-6-11-17)23(28)24(29)26(21)15-16-8-3-1-4-9-16/h1-14,21,27H,15H2/b22-20+. The number of halogens is 1. The van der Waals surface area contributed by atoms with Crippen molar-refractivity contribution in [2.45, 2.75) is 12.6 Å². The number of hydrogen-bond donors (Lipinski definition) is 1. The van der Waals surface area contributed by atoms with Gasteiger partial charge in [0.15, 0.2) is 0 Å². The van der Waals surface area contributed by atoms with Gasteiger partial charge in [0, 0.05) is 16.6 Å². The summed E-state index contributed by atoms with van der Waals surface area (Å²) in [5.74, 6) is -1.45. The molecule has 0 bridgehead atoms. The maximum Gasteiger partial charge on any atom is 0.295 e. The van der Waals surface area contributed by atoms with E-state index in [4.69, 9.17) is 0 Å². The summed E-state index contributed by atoms with van der Waals surface area (Å²) in [6.45, 7) is 0.272. The van der Waals surface area contributed by atoms with E-state index < -0.39 is 17.7 Å². The lowest BCUT2D eigenvalue weighted by Crippen LogP contribution is -2.29. The number of amides is 1. The van der Waals surface area contributed by atoms with E-state index in [1.807, 2.05) is 60.7 Å². The van der Waals surface area contributed by atoms with Crippen LogP contribution >= 0.6 is 15.9 Å². The zero-order chi connectivity index (χ0) is 20.4. The van der Waals surface area contributed by atoms with Gasteiger partial charge in [0.1, 0.15) is 5.76 Å². The highest BCUT2D eigenvalue weighted by atomic mass is 79.9. The Morgan fingerprint density at radius 1 is 0.897 bits per heavy atom. The Balaban J connectivity index is 1.87. The van der Waals surface area contributed by atoms with Gasteiger partial charge in [-0.2, -0.15) is 0 Å². The lowest BCUT2D eigenvalue weighted by Gasteiger charge is -2.25. The molecule has 1 atom stereocenters. The molecule has 1 heterocycles. The second kappa shape index (κ2) is 8.05. The van der Waals surface area contributed by atoms with Crippen LogP contribution < -0.4 is 0 Å². The molecule has 1 fully saturated rings. The quantitative estimate of drug-likeness (QED) is 0.345. The first kappa shape index (κ1) is 19.2. The Hall–Kier alpha value is -3.18. The van der Waals surface area contributed by atoms with Crippen LogP contribution in [0.3, 0.4) is 0 Å². The van der Waals surface area contributed by atoms with Crippen molar-refractivity contribution in [1.82, 2.24) is 4.90 Å². The summed E-state index contributed by atoms with van der Waals surface area (Å²) < 4.78 is 0.833. The lowest BCUT2D eigenvalue weighted by molar-refractivity contribution is -0.140. The van der Waals surface area contributed by atoms with Gasteiger partial charge < -0.3 is 10.0 Å². The molecule has 1 N–H and O–H groups in total. The molecule has 0 radical (unpaired) electrons. The number of carbonyl (C=O) groups excluding carboxylic acids is 2. The van der Waals surface area contributed by atoms with Crippen LogP contribution in [-0.2, 0) is 16.1 Å². The highest BCUT2D eigenvalue weighted by molar-refractivity contribution is 9.10. The SMILES string of the molecule is O=C1C(=O)N(Cc2ccccc2)C(c2cccc(Br)c2)/C1=C(\O)c1ccccc1. The summed E-state index contributed by atoms with van der Waals surface area (Å²) in [6.07, 6.45) is 0. The zero-order valence-electron chi connectivity index (χ0n) is 15.5. The molecule has 4 nitrogen and oxygen atoms in total. The molecule has 1 saturated heterocycles. The maximum atomic E-state index is 13.0. The molecule has 1 amide bonds. The number of benzene rings is 3. The molecular formula is C24H18BrNO3. The van der Waals surface area contributed by atoms with Crippen LogP contribution in [0.5, 0.6) is 0 Å². The summed E-state index contributed by atoms with van der Waals surface area (Å²) in [6, 6.07) is 25.1. The van der Waals surface area contributed by atoms with E-state index in [9.17, 15) is 14.7 Å². The molecule has 1 unspecified atom stereocenters. The summed E-state index contributed by atoms with van der Waals surface area (Å²) in [4.78, 5) is 27.4. The van der Waals surface area contributed by atoms with Gasteiger partial charge in [-0.1, -0.05) is 88.7 Å². The molecule has 1 aliphatic heterocycles. The van der Waals surface area contributed by atoms with Gasteiger partial charge in [-0.05, 0) is 23.3 Å². The van der Waals surface area contributed by atoms with Crippen molar-refractivity contribution in [3.8, 4) is 0 Å². The van der Waals surface area contributed by atoms with Crippen molar-refractivity contribution in [2.24, 2.45) is 0 Å². The van der Waals surface area contributed by atoms with Crippen LogP contribution in [0, 0.1) is 0 Å². The molecule has 0 spiro atoms. The first-order chi connectivity index (χ1) is 14.1. The number of aliphatic hydroxyl groups is 1. The minimum absolute atomic E-state index is 0.107. The van der Waals surface area contributed by atoms with Gasteiger partial charge in [0.05, 0.1) is 11.6 Å². The van der Waals surface area contributed by atoms with E-state index in [1.165, 1.54) is 4.90 Å². The van der Waals surface area contributed by atoms with Crippen molar-refractivity contribution < 1.29 is 14.7 Å². The van der Waals surface area contributed by atoms with Crippen LogP contribution in [-0.4, -0.2) is 21.7 Å². The topological polar surface area (TPSA) is 57.6 Å². The van der Waals surface area contributed by atoms with Crippen molar-refractivity contribution in [3.63, 3.8) is 0 Å².